The number of hydrogen-bond acceptors (Lipinski definition) is 5. The minimum absolute atomic E-state index is 0.0650. The molecule has 0 radical (unpaired) electrons. The SMILES string of the molecule is COCc1cc(NC2CCN(C3CCCCC3)CC2)nc(C(C)(C)C)n1. The second-order valence-electron chi connectivity index (χ2n) is 9.00. The maximum absolute atomic E-state index is 5.30. The molecule has 1 saturated carbocycles. The molecule has 0 amide bonds. The Morgan fingerprint density at radius 2 is 1.77 bits per heavy atom. The molecule has 1 aromatic heterocycles. The minimum Gasteiger partial charge on any atom is -0.378 e. The van der Waals surface area contributed by atoms with Gasteiger partial charge in [-0.1, -0.05) is 40.0 Å². The van der Waals surface area contributed by atoms with E-state index in [0.29, 0.717) is 12.6 Å². The number of ether oxygens (including phenoxy) is 1. The maximum atomic E-state index is 5.30. The Bertz CT molecular complexity index is 570. The van der Waals surface area contributed by atoms with Gasteiger partial charge in [0.05, 0.1) is 12.3 Å². The lowest BCUT2D eigenvalue weighted by Crippen LogP contribution is -2.45. The highest BCUT2D eigenvalue weighted by Crippen LogP contribution is 2.27. The molecule has 146 valence electrons. The quantitative estimate of drug-likeness (QED) is 0.855. The van der Waals surface area contributed by atoms with Crippen LogP contribution in [0.25, 0.3) is 0 Å². The van der Waals surface area contributed by atoms with Crippen molar-refractivity contribution in [1.29, 1.82) is 0 Å². The smallest absolute Gasteiger partial charge is 0.136 e. The van der Waals surface area contributed by atoms with Crippen molar-refractivity contribution in [3.05, 3.63) is 17.6 Å². The molecule has 2 fully saturated rings. The summed E-state index contributed by atoms with van der Waals surface area (Å²) in [7, 11) is 1.72. The average molecular weight is 361 g/mol. The normalized spacial score (nSPS) is 21.1. The van der Waals surface area contributed by atoms with Crippen LogP contribution in [0.1, 0.15) is 77.2 Å². The number of nitrogens with zero attached hydrogens (tertiary/aromatic N) is 3. The van der Waals surface area contributed by atoms with Gasteiger partial charge in [0, 0.05) is 43.8 Å². The van der Waals surface area contributed by atoms with E-state index >= 15 is 0 Å². The van der Waals surface area contributed by atoms with Gasteiger partial charge in [-0.2, -0.15) is 0 Å². The van der Waals surface area contributed by atoms with Crippen LogP contribution in [-0.4, -0.2) is 47.2 Å². The molecule has 2 aliphatic rings. The molecule has 3 rings (SSSR count). The van der Waals surface area contributed by atoms with E-state index in [1.165, 1.54) is 58.0 Å². The second-order valence-corrected chi connectivity index (χ2v) is 9.00. The van der Waals surface area contributed by atoms with Crippen LogP contribution in [0.4, 0.5) is 5.82 Å². The summed E-state index contributed by atoms with van der Waals surface area (Å²) in [5.41, 5.74) is 0.888. The van der Waals surface area contributed by atoms with Crippen LogP contribution in [0, 0.1) is 0 Å². The average Bonchev–Trinajstić information content (AvgIpc) is 2.62. The van der Waals surface area contributed by atoms with Gasteiger partial charge in [-0.15, -0.1) is 0 Å². The summed E-state index contributed by atoms with van der Waals surface area (Å²) < 4.78 is 5.30. The van der Waals surface area contributed by atoms with Crippen LogP contribution in [0.2, 0.25) is 0 Å². The summed E-state index contributed by atoms with van der Waals surface area (Å²) in [6.07, 6.45) is 9.47. The summed E-state index contributed by atoms with van der Waals surface area (Å²) in [6.45, 7) is 9.43. The fourth-order valence-electron chi connectivity index (χ4n) is 4.19. The molecule has 1 aliphatic heterocycles. The number of aromatic nitrogens is 2. The summed E-state index contributed by atoms with van der Waals surface area (Å²) in [5.74, 6) is 1.84. The molecule has 5 heteroatoms. The van der Waals surface area contributed by atoms with E-state index in [-0.39, 0.29) is 5.41 Å². The third-order valence-electron chi connectivity index (χ3n) is 5.71. The molecule has 0 aromatic carbocycles. The number of nitrogens with one attached hydrogen (secondary N) is 1. The van der Waals surface area contributed by atoms with Gasteiger partial charge in [-0.05, 0) is 25.7 Å². The Hall–Kier alpha value is -1.20. The fourth-order valence-corrected chi connectivity index (χ4v) is 4.19. The first-order valence-corrected chi connectivity index (χ1v) is 10.3. The highest BCUT2D eigenvalue weighted by molar-refractivity contribution is 5.38. The van der Waals surface area contributed by atoms with Crippen molar-refractivity contribution in [1.82, 2.24) is 14.9 Å². The number of methoxy groups -OCH3 is 1. The van der Waals surface area contributed by atoms with Gasteiger partial charge in [-0.25, -0.2) is 9.97 Å². The van der Waals surface area contributed by atoms with Crippen LogP contribution >= 0.6 is 0 Å². The highest BCUT2D eigenvalue weighted by Gasteiger charge is 2.27. The highest BCUT2D eigenvalue weighted by atomic mass is 16.5. The Morgan fingerprint density at radius 1 is 1.08 bits per heavy atom. The number of rotatable bonds is 5. The fraction of sp³-hybridized carbons (Fsp3) is 0.810. The van der Waals surface area contributed by atoms with E-state index in [1.807, 2.05) is 6.07 Å². The largest absolute Gasteiger partial charge is 0.378 e. The lowest BCUT2D eigenvalue weighted by molar-refractivity contribution is 0.126. The molecule has 26 heavy (non-hydrogen) atoms. The molecule has 0 spiro atoms. The Kier molecular flexibility index (Phi) is 6.51. The Balaban J connectivity index is 1.61. The molecule has 0 atom stereocenters. The Labute approximate surface area is 158 Å². The molecule has 1 N–H and O–H groups in total. The van der Waals surface area contributed by atoms with Crippen molar-refractivity contribution in [3.8, 4) is 0 Å². The number of likely N-dealkylation sites (tertiary alicyclic amines) is 1. The number of anilines is 1. The van der Waals surface area contributed by atoms with Gasteiger partial charge >= 0.3 is 0 Å². The van der Waals surface area contributed by atoms with Crippen molar-refractivity contribution >= 4 is 5.82 Å². The first-order valence-electron chi connectivity index (χ1n) is 10.3. The standard InChI is InChI=1S/C21H36N4O/c1-21(2,3)20-23-17(15-26-4)14-19(24-20)22-16-10-12-25(13-11-16)18-8-6-5-7-9-18/h14,16,18H,5-13,15H2,1-4H3,(H,22,23,24). The summed E-state index contributed by atoms with van der Waals surface area (Å²) in [6, 6.07) is 3.39. The van der Waals surface area contributed by atoms with E-state index in [4.69, 9.17) is 9.72 Å². The van der Waals surface area contributed by atoms with Crippen LogP contribution in [0.15, 0.2) is 6.07 Å². The van der Waals surface area contributed by atoms with Gasteiger partial charge in [0.25, 0.3) is 0 Å². The van der Waals surface area contributed by atoms with Crippen LogP contribution < -0.4 is 5.32 Å². The molecular formula is C21H36N4O. The summed E-state index contributed by atoms with van der Waals surface area (Å²) in [4.78, 5) is 12.2. The molecule has 1 saturated heterocycles. The van der Waals surface area contributed by atoms with Crippen molar-refractivity contribution in [2.75, 3.05) is 25.5 Å². The predicted octanol–water partition coefficient (Wildman–Crippen LogP) is 4.13. The minimum atomic E-state index is -0.0650. The maximum Gasteiger partial charge on any atom is 0.136 e. The zero-order valence-corrected chi connectivity index (χ0v) is 17.1. The van der Waals surface area contributed by atoms with Crippen LogP contribution in [0.5, 0.6) is 0 Å². The predicted molar refractivity (Wildman–Crippen MR) is 107 cm³/mol. The lowest BCUT2D eigenvalue weighted by atomic mass is 9.92. The number of hydrogen-bond donors (Lipinski definition) is 1. The van der Waals surface area contributed by atoms with E-state index in [9.17, 15) is 0 Å². The van der Waals surface area contributed by atoms with Crippen molar-refractivity contribution < 1.29 is 4.74 Å². The second kappa shape index (κ2) is 8.66. The summed E-state index contributed by atoms with van der Waals surface area (Å²) in [5, 5.41) is 3.68. The molecule has 5 nitrogen and oxygen atoms in total. The molecule has 2 heterocycles. The lowest BCUT2D eigenvalue weighted by Gasteiger charge is -2.39. The van der Waals surface area contributed by atoms with E-state index < -0.39 is 0 Å². The van der Waals surface area contributed by atoms with Gasteiger partial charge in [-0.3, -0.25) is 0 Å². The van der Waals surface area contributed by atoms with Crippen molar-refractivity contribution in [2.24, 2.45) is 0 Å². The topological polar surface area (TPSA) is 50.3 Å². The molecule has 0 unspecified atom stereocenters. The zero-order valence-electron chi connectivity index (χ0n) is 17.1. The first kappa shape index (κ1) is 19.6. The van der Waals surface area contributed by atoms with Gasteiger partial charge in [0.1, 0.15) is 11.6 Å². The van der Waals surface area contributed by atoms with Gasteiger partial charge in [0.2, 0.25) is 0 Å². The van der Waals surface area contributed by atoms with E-state index in [0.717, 1.165) is 23.4 Å². The van der Waals surface area contributed by atoms with Crippen molar-refractivity contribution in [2.45, 2.75) is 89.8 Å². The zero-order chi connectivity index (χ0) is 18.6. The third-order valence-corrected chi connectivity index (χ3v) is 5.71. The van der Waals surface area contributed by atoms with E-state index in [1.54, 1.807) is 7.11 Å². The van der Waals surface area contributed by atoms with Gasteiger partial charge < -0.3 is 15.0 Å². The van der Waals surface area contributed by atoms with Crippen molar-refractivity contribution in [3.63, 3.8) is 0 Å². The molecule has 1 aliphatic carbocycles. The number of piperidine rings is 1. The molecule has 0 bridgehead atoms. The molecule has 1 aromatic rings. The van der Waals surface area contributed by atoms with Crippen LogP contribution in [-0.2, 0) is 16.8 Å². The van der Waals surface area contributed by atoms with Crippen LogP contribution in [0.3, 0.4) is 0 Å². The molecular weight excluding hydrogens is 324 g/mol. The van der Waals surface area contributed by atoms with E-state index in [2.05, 4.69) is 36.0 Å². The summed E-state index contributed by atoms with van der Waals surface area (Å²) >= 11 is 0. The first-order chi connectivity index (χ1) is 12.5. The Morgan fingerprint density at radius 3 is 2.38 bits per heavy atom. The monoisotopic (exact) mass is 360 g/mol. The van der Waals surface area contributed by atoms with Gasteiger partial charge in [0.15, 0.2) is 0 Å². The third kappa shape index (κ3) is 5.17.